The summed E-state index contributed by atoms with van der Waals surface area (Å²) < 4.78 is 26.6. The molecule has 1 N–H and O–H groups in total. The zero-order valence-electron chi connectivity index (χ0n) is 8.41. The molecule has 1 heterocycles. The molecule has 0 bridgehead atoms. The largest absolute Gasteiger partial charge is 0.251 e. The predicted octanol–water partition coefficient (Wildman–Crippen LogP) is 2.74. The summed E-state index contributed by atoms with van der Waals surface area (Å²) in [7, 11) is -3.70. The normalized spacial score (nSPS) is 12.4. The van der Waals surface area contributed by atoms with Crippen LogP contribution in [-0.2, 0) is 10.0 Å². The summed E-state index contributed by atoms with van der Waals surface area (Å²) in [6, 6.07) is 3.20. The first-order valence-electron chi connectivity index (χ1n) is 4.08. The van der Waals surface area contributed by atoms with Gasteiger partial charge in [-0.2, -0.15) is 9.98 Å². The van der Waals surface area contributed by atoms with Crippen LogP contribution in [0.2, 0.25) is 5.02 Å². The maximum absolute atomic E-state index is 11.8. The van der Waals surface area contributed by atoms with Gasteiger partial charge >= 0.3 is 0 Å². The van der Waals surface area contributed by atoms with E-state index in [4.69, 9.17) is 16.9 Å². The van der Waals surface area contributed by atoms with Crippen LogP contribution in [-0.4, -0.2) is 14.0 Å². The topological polar surface area (TPSA) is 70.0 Å². The highest BCUT2D eigenvalue weighted by Crippen LogP contribution is 2.34. The van der Waals surface area contributed by atoms with Crippen LogP contribution in [0.5, 0.6) is 0 Å². The van der Waals surface area contributed by atoms with Crippen LogP contribution < -0.4 is 4.72 Å². The van der Waals surface area contributed by atoms with Crippen LogP contribution in [0, 0.1) is 11.3 Å². The molecule has 0 spiro atoms. The van der Waals surface area contributed by atoms with Gasteiger partial charge in [-0.05, 0) is 35.8 Å². The SMILES string of the molecule is CC(C)(C#N)NS(=O)(=O)c1cc(Cl)c(Br)s1. The minimum Gasteiger partial charge on any atom is -0.206 e. The van der Waals surface area contributed by atoms with Gasteiger partial charge in [0.15, 0.2) is 0 Å². The van der Waals surface area contributed by atoms with Gasteiger partial charge in [-0.3, -0.25) is 0 Å². The molecule has 0 aliphatic heterocycles. The first-order chi connectivity index (χ1) is 7.18. The third-order valence-corrected chi connectivity index (χ3v) is 6.16. The van der Waals surface area contributed by atoms with Crippen molar-refractivity contribution >= 4 is 48.9 Å². The monoisotopic (exact) mass is 342 g/mol. The zero-order valence-corrected chi connectivity index (χ0v) is 12.4. The van der Waals surface area contributed by atoms with Gasteiger partial charge in [0.1, 0.15) is 9.75 Å². The van der Waals surface area contributed by atoms with E-state index in [1.807, 2.05) is 6.07 Å². The Labute approximate surface area is 111 Å². The summed E-state index contributed by atoms with van der Waals surface area (Å²) in [6.07, 6.45) is 0. The molecule has 16 heavy (non-hydrogen) atoms. The summed E-state index contributed by atoms with van der Waals surface area (Å²) in [6.45, 7) is 2.96. The highest BCUT2D eigenvalue weighted by molar-refractivity contribution is 9.11. The van der Waals surface area contributed by atoms with Gasteiger partial charge in [0.2, 0.25) is 0 Å². The van der Waals surface area contributed by atoms with Crippen LogP contribution in [0.25, 0.3) is 0 Å². The predicted molar refractivity (Wildman–Crippen MR) is 67.0 cm³/mol. The van der Waals surface area contributed by atoms with Gasteiger partial charge in [-0.25, -0.2) is 8.42 Å². The van der Waals surface area contributed by atoms with Gasteiger partial charge in [0.05, 0.1) is 14.9 Å². The fraction of sp³-hybridized carbons (Fsp3) is 0.375. The quantitative estimate of drug-likeness (QED) is 0.917. The molecular formula is C8H8BrClN2O2S2. The lowest BCUT2D eigenvalue weighted by Gasteiger charge is -2.16. The van der Waals surface area contributed by atoms with Gasteiger partial charge in [0.25, 0.3) is 10.0 Å². The first-order valence-corrected chi connectivity index (χ1v) is 7.55. The Hall–Kier alpha value is -0.130. The van der Waals surface area contributed by atoms with E-state index < -0.39 is 15.6 Å². The van der Waals surface area contributed by atoms with Crippen molar-refractivity contribution in [2.24, 2.45) is 0 Å². The second kappa shape index (κ2) is 4.63. The number of hydrogen-bond acceptors (Lipinski definition) is 4. The number of hydrogen-bond donors (Lipinski definition) is 1. The highest BCUT2D eigenvalue weighted by atomic mass is 79.9. The van der Waals surface area contributed by atoms with E-state index in [1.165, 1.54) is 19.9 Å². The van der Waals surface area contributed by atoms with Gasteiger partial charge < -0.3 is 0 Å². The van der Waals surface area contributed by atoms with Crippen LogP contribution >= 0.6 is 38.9 Å². The Morgan fingerprint density at radius 3 is 2.56 bits per heavy atom. The highest BCUT2D eigenvalue weighted by Gasteiger charge is 2.27. The Balaban J connectivity index is 3.10. The van der Waals surface area contributed by atoms with Gasteiger partial charge in [-0.1, -0.05) is 11.6 Å². The second-order valence-electron chi connectivity index (χ2n) is 3.53. The third-order valence-electron chi connectivity index (χ3n) is 1.56. The molecule has 1 aromatic rings. The van der Waals surface area contributed by atoms with Crippen molar-refractivity contribution < 1.29 is 8.42 Å². The lowest BCUT2D eigenvalue weighted by atomic mass is 10.1. The summed E-state index contributed by atoms with van der Waals surface area (Å²) in [5.74, 6) is 0. The molecule has 1 aromatic heterocycles. The van der Waals surface area contributed by atoms with Gasteiger partial charge in [0, 0.05) is 0 Å². The Morgan fingerprint density at radius 1 is 1.62 bits per heavy atom. The van der Waals surface area contributed by atoms with Crippen molar-refractivity contribution in [3.8, 4) is 6.07 Å². The molecule has 0 aromatic carbocycles. The molecule has 8 heteroatoms. The van der Waals surface area contributed by atoms with E-state index in [-0.39, 0.29) is 4.21 Å². The molecule has 88 valence electrons. The molecule has 1 rings (SSSR count). The van der Waals surface area contributed by atoms with E-state index in [0.29, 0.717) is 8.81 Å². The third kappa shape index (κ3) is 3.18. The van der Waals surface area contributed by atoms with Gasteiger partial charge in [-0.15, -0.1) is 11.3 Å². The number of nitrogens with one attached hydrogen (secondary N) is 1. The second-order valence-corrected chi connectivity index (χ2v) is 8.22. The summed E-state index contributed by atoms with van der Waals surface area (Å²) in [5.41, 5.74) is -1.15. The minimum absolute atomic E-state index is 0.0766. The van der Waals surface area contributed by atoms with E-state index >= 15 is 0 Å². The lowest BCUT2D eigenvalue weighted by Crippen LogP contribution is -2.41. The summed E-state index contributed by atoms with van der Waals surface area (Å²) >= 11 is 9.88. The number of halogens is 2. The summed E-state index contributed by atoms with van der Waals surface area (Å²) in [4.78, 5) is 0. The van der Waals surface area contributed by atoms with Crippen molar-refractivity contribution in [2.45, 2.75) is 23.6 Å². The molecular weight excluding hydrogens is 336 g/mol. The fourth-order valence-electron chi connectivity index (χ4n) is 0.868. The molecule has 0 saturated carbocycles. The van der Waals surface area contributed by atoms with Crippen molar-refractivity contribution in [2.75, 3.05) is 0 Å². The number of nitriles is 1. The average molecular weight is 344 g/mol. The Kier molecular flexibility index (Phi) is 4.03. The van der Waals surface area contributed by atoms with Crippen molar-refractivity contribution in [3.05, 3.63) is 14.9 Å². The van der Waals surface area contributed by atoms with E-state index in [9.17, 15) is 8.42 Å². The van der Waals surface area contributed by atoms with E-state index in [1.54, 1.807) is 0 Å². The number of nitrogens with zero attached hydrogens (tertiary/aromatic N) is 1. The van der Waals surface area contributed by atoms with Crippen molar-refractivity contribution in [1.29, 1.82) is 5.26 Å². The number of rotatable bonds is 3. The van der Waals surface area contributed by atoms with E-state index in [2.05, 4.69) is 20.7 Å². The van der Waals surface area contributed by atoms with Crippen molar-refractivity contribution in [1.82, 2.24) is 4.72 Å². The standard InChI is InChI=1S/C8H8BrClN2O2S2/c1-8(2,4-11)12-16(13,14)6-3-5(10)7(9)15-6/h3,12H,1-2H3. The fourth-order valence-corrected chi connectivity index (χ4v) is 4.60. The maximum atomic E-state index is 11.8. The number of sulfonamides is 1. The van der Waals surface area contributed by atoms with Crippen LogP contribution in [0.1, 0.15) is 13.8 Å². The Bertz CT molecular complexity index is 525. The average Bonchev–Trinajstić information content (AvgIpc) is 2.46. The Morgan fingerprint density at radius 2 is 2.19 bits per heavy atom. The molecule has 0 aliphatic rings. The molecule has 0 amide bonds. The smallest absolute Gasteiger partial charge is 0.206 e. The first kappa shape index (κ1) is 13.9. The molecule has 0 radical (unpaired) electrons. The van der Waals surface area contributed by atoms with Crippen molar-refractivity contribution in [3.63, 3.8) is 0 Å². The molecule has 0 fully saturated rings. The molecule has 0 saturated heterocycles. The summed E-state index contributed by atoms with van der Waals surface area (Å²) in [5, 5.41) is 9.09. The maximum Gasteiger partial charge on any atom is 0.251 e. The lowest BCUT2D eigenvalue weighted by molar-refractivity contribution is 0.537. The molecule has 4 nitrogen and oxygen atoms in total. The van der Waals surface area contributed by atoms with Crippen LogP contribution in [0.3, 0.4) is 0 Å². The van der Waals surface area contributed by atoms with Crippen LogP contribution in [0.4, 0.5) is 0 Å². The molecule has 0 unspecified atom stereocenters. The minimum atomic E-state index is -3.70. The molecule has 0 aliphatic carbocycles. The number of thiophene rings is 1. The zero-order chi connectivity index (χ0) is 12.6. The molecule has 0 atom stereocenters. The van der Waals surface area contributed by atoms with E-state index in [0.717, 1.165) is 11.3 Å². The van der Waals surface area contributed by atoms with Crippen LogP contribution in [0.15, 0.2) is 14.1 Å².